The maximum Gasteiger partial charge on any atom is 0.573 e. The molecule has 1 N–H and O–H groups in total. The summed E-state index contributed by atoms with van der Waals surface area (Å²) in [5.41, 5.74) is 1.03. The summed E-state index contributed by atoms with van der Waals surface area (Å²) >= 11 is 0. The fourth-order valence-electron chi connectivity index (χ4n) is 1.74. The molecular formula is C13H16F3NO. The fraction of sp³-hybridized carbons (Fsp3) is 0.538. The zero-order valence-electron chi connectivity index (χ0n) is 9.96. The van der Waals surface area contributed by atoms with Gasteiger partial charge in [0, 0.05) is 6.04 Å². The minimum absolute atomic E-state index is 0.164. The predicted molar refractivity (Wildman–Crippen MR) is 62.5 cm³/mol. The van der Waals surface area contributed by atoms with Crippen LogP contribution in [0, 0.1) is 0 Å². The number of ether oxygens (including phenoxy) is 1. The SMILES string of the molecule is FC(F)(F)Oc1ccc(CCCNC2CC2)cc1. The molecule has 100 valence electrons. The molecule has 0 radical (unpaired) electrons. The van der Waals surface area contributed by atoms with E-state index in [9.17, 15) is 13.2 Å². The molecule has 0 aromatic heterocycles. The van der Waals surface area contributed by atoms with E-state index in [1.165, 1.54) is 25.0 Å². The Bertz CT molecular complexity index is 371. The van der Waals surface area contributed by atoms with Crippen LogP contribution in [0.25, 0.3) is 0 Å². The summed E-state index contributed by atoms with van der Waals surface area (Å²) < 4.78 is 39.6. The monoisotopic (exact) mass is 259 g/mol. The van der Waals surface area contributed by atoms with Gasteiger partial charge in [-0.3, -0.25) is 0 Å². The second kappa shape index (κ2) is 5.61. The Morgan fingerprint density at radius 2 is 1.83 bits per heavy atom. The smallest absolute Gasteiger partial charge is 0.406 e. The number of halogens is 3. The van der Waals surface area contributed by atoms with Gasteiger partial charge in [0.2, 0.25) is 0 Å². The molecule has 2 nitrogen and oxygen atoms in total. The number of hydrogen-bond acceptors (Lipinski definition) is 2. The molecule has 18 heavy (non-hydrogen) atoms. The number of rotatable bonds is 6. The van der Waals surface area contributed by atoms with E-state index < -0.39 is 6.36 Å². The van der Waals surface area contributed by atoms with Crippen molar-refractivity contribution >= 4 is 0 Å². The van der Waals surface area contributed by atoms with E-state index in [2.05, 4.69) is 10.1 Å². The van der Waals surface area contributed by atoms with Crippen LogP contribution in [0.15, 0.2) is 24.3 Å². The summed E-state index contributed by atoms with van der Waals surface area (Å²) in [7, 11) is 0. The van der Waals surface area contributed by atoms with Crippen molar-refractivity contribution in [1.82, 2.24) is 5.32 Å². The van der Waals surface area contributed by atoms with Crippen molar-refractivity contribution in [2.45, 2.75) is 38.1 Å². The van der Waals surface area contributed by atoms with Crippen LogP contribution in [0.2, 0.25) is 0 Å². The second-order valence-electron chi connectivity index (χ2n) is 4.52. The molecule has 0 saturated heterocycles. The molecule has 1 aliphatic rings. The summed E-state index contributed by atoms with van der Waals surface area (Å²) in [6.45, 7) is 0.964. The standard InChI is InChI=1S/C13H16F3NO/c14-13(15,16)18-12-7-3-10(4-8-12)2-1-9-17-11-5-6-11/h3-4,7-8,11,17H,1-2,5-6,9H2. The number of aryl methyl sites for hydroxylation is 1. The van der Waals surface area contributed by atoms with E-state index in [1.54, 1.807) is 12.1 Å². The van der Waals surface area contributed by atoms with Crippen LogP contribution in [-0.2, 0) is 6.42 Å². The van der Waals surface area contributed by atoms with Crippen LogP contribution in [0.3, 0.4) is 0 Å². The van der Waals surface area contributed by atoms with E-state index >= 15 is 0 Å². The van der Waals surface area contributed by atoms with Gasteiger partial charge in [-0.1, -0.05) is 12.1 Å². The molecule has 0 aliphatic heterocycles. The lowest BCUT2D eigenvalue weighted by Gasteiger charge is -2.09. The zero-order valence-corrected chi connectivity index (χ0v) is 9.96. The van der Waals surface area contributed by atoms with Gasteiger partial charge in [0.25, 0.3) is 0 Å². The molecule has 1 saturated carbocycles. The van der Waals surface area contributed by atoms with E-state index in [1.807, 2.05) is 0 Å². The van der Waals surface area contributed by atoms with Gasteiger partial charge in [0.1, 0.15) is 5.75 Å². The van der Waals surface area contributed by atoms with Crippen molar-refractivity contribution in [2.75, 3.05) is 6.54 Å². The molecule has 5 heteroatoms. The van der Waals surface area contributed by atoms with Crippen LogP contribution in [0.1, 0.15) is 24.8 Å². The Morgan fingerprint density at radius 3 is 2.39 bits per heavy atom. The van der Waals surface area contributed by atoms with Crippen LogP contribution >= 0.6 is 0 Å². The predicted octanol–water partition coefficient (Wildman–Crippen LogP) is 3.27. The van der Waals surface area contributed by atoms with Gasteiger partial charge >= 0.3 is 6.36 Å². The molecule has 0 bridgehead atoms. The van der Waals surface area contributed by atoms with E-state index in [4.69, 9.17) is 0 Å². The first kappa shape index (κ1) is 13.2. The molecule has 1 aliphatic carbocycles. The van der Waals surface area contributed by atoms with Crippen LogP contribution in [-0.4, -0.2) is 18.9 Å². The Balaban J connectivity index is 1.72. The first-order valence-electron chi connectivity index (χ1n) is 6.11. The summed E-state index contributed by atoms with van der Waals surface area (Å²) in [6, 6.07) is 6.78. The van der Waals surface area contributed by atoms with E-state index in [0.29, 0.717) is 6.04 Å². The Labute approximate surface area is 104 Å². The van der Waals surface area contributed by atoms with Gasteiger partial charge < -0.3 is 10.1 Å². The van der Waals surface area contributed by atoms with Crippen molar-refractivity contribution < 1.29 is 17.9 Å². The number of alkyl halides is 3. The quantitative estimate of drug-likeness (QED) is 0.792. The van der Waals surface area contributed by atoms with Crippen LogP contribution in [0.4, 0.5) is 13.2 Å². The molecule has 1 aromatic carbocycles. The summed E-state index contributed by atoms with van der Waals surface area (Å²) in [5, 5.41) is 3.40. The first-order valence-corrected chi connectivity index (χ1v) is 6.11. The fourth-order valence-corrected chi connectivity index (χ4v) is 1.74. The topological polar surface area (TPSA) is 21.3 Å². The molecule has 0 unspecified atom stereocenters. The highest BCUT2D eigenvalue weighted by Crippen LogP contribution is 2.23. The summed E-state index contributed by atoms with van der Waals surface area (Å²) in [4.78, 5) is 0. The van der Waals surface area contributed by atoms with Gasteiger partial charge in [-0.05, 0) is 49.9 Å². The number of benzene rings is 1. The normalized spacial score (nSPS) is 15.7. The highest BCUT2D eigenvalue weighted by Gasteiger charge is 2.30. The third kappa shape index (κ3) is 4.96. The summed E-state index contributed by atoms with van der Waals surface area (Å²) in [5.74, 6) is -0.164. The van der Waals surface area contributed by atoms with Gasteiger partial charge in [-0.25, -0.2) is 0 Å². The van der Waals surface area contributed by atoms with Crippen molar-refractivity contribution in [3.63, 3.8) is 0 Å². The second-order valence-corrected chi connectivity index (χ2v) is 4.52. The minimum Gasteiger partial charge on any atom is -0.406 e. The van der Waals surface area contributed by atoms with Gasteiger partial charge in [-0.2, -0.15) is 0 Å². The lowest BCUT2D eigenvalue weighted by Crippen LogP contribution is -2.18. The Kier molecular flexibility index (Phi) is 4.11. The van der Waals surface area contributed by atoms with Gasteiger partial charge in [-0.15, -0.1) is 13.2 Å². The highest BCUT2D eigenvalue weighted by molar-refractivity contribution is 5.27. The zero-order chi connectivity index (χ0) is 13.0. The molecule has 0 amide bonds. The lowest BCUT2D eigenvalue weighted by molar-refractivity contribution is -0.274. The molecule has 1 aromatic rings. The van der Waals surface area contributed by atoms with Crippen molar-refractivity contribution in [1.29, 1.82) is 0 Å². The minimum atomic E-state index is -4.62. The average molecular weight is 259 g/mol. The number of nitrogens with one attached hydrogen (secondary N) is 1. The maximum absolute atomic E-state index is 11.9. The first-order chi connectivity index (χ1) is 8.53. The molecule has 0 spiro atoms. The number of hydrogen-bond donors (Lipinski definition) is 1. The van der Waals surface area contributed by atoms with Crippen molar-refractivity contribution in [2.24, 2.45) is 0 Å². The van der Waals surface area contributed by atoms with Crippen LogP contribution < -0.4 is 10.1 Å². The van der Waals surface area contributed by atoms with Crippen molar-refractivity contribution in [3.05, 3.63) is 29.8 Å². The van der Waals surface area contributed by atoms with Gasteiger partial charge in [0.15, 0.2) is 0 Å². The van der Waals surface area contributed by atoms with Crippen molar-refractivity contribution in [3.8, 4) is 5.75 Å². The maximum atomic E-state index is 11.9. The average Bonchev–Trinajstić information content (AvgIpc) is 3.08. The Morgan fingerprint density at radius 1 is 1.17 bits per heavy atom. The largest absolute Gasteiger partial charge is 0.573 e. The summed E-state index contributed by atoms with van der Waals surface area (Å²) in [6.07, 6.45) is -0.218. The third-order valence-electron chi connectivity index (χ3n) is 2.81. The van der Waals surface area contributed by atoms with Crippen LogP contribution in [0.5, 0.6) is 5.75 Å². The Hall–Kier alpha value is -1.23. The van der Waals surface area contributed by atoms with Gasteiger partial charge in [0.05, 0.1) is 0 Å². The lowest BCUT2D eigenvalue weighted by atomic mass is 10.1. The van der Waals surface area contributed by atoms with E-state index in [-0.39, 0.29) is 5.75 Å². The molecule has 0 atom stereocenters. The van der Waals surface area contributed by atoms with E-state index in [0.717, 1.165) is 24.9 Å². The molecule has 2 rings (SSSR count). The molecular weight excluding hydrogens is 243 g/mol. The molecule has 1 fully saturated rings. The highest BCUT2D eigenvalue weighted by atomic mass is 19.4. The molecule has 0 heterocycles. The third-order valence-corrected chi connectivity index (χ3v) is 2.81.